The van der Waals surface area contributed by atoms with Gasteiger partial charge in [-0.2, -0.15) is 5.10 Å². The Morgan fingerprint density at radius 3 is 2.21 bits per heavy atom. The summed E-state index contributed by atoms with van der Waals surface area (Å²) in [6, 6.07) is 37.6. The van der Waals surface area contributed by atoms with Gasteiger partial charge in [-0.3, -0.25) is 0 Å². The Morgan fingerprint density at radius 2 is 1.41 bits per heavy atom. The van der Waals surface area contributed by atoms with Crippen molar-refractivity contribution in [1.29, 1.82) is 0 Å². The molecule has 4 aromatic carbocycles. The smallest absolute Gasteiger partial charge is 0.140 e. The summed E-state index contributed by atoms with van der Waals surface area (Å²) in [5, 5.41) is 4.40. The largest absolute Gasteiger partial charge is 0.327 e. The highest BCUT2D eigenvalue weighted by Gasteiger charge is 2.16. The van der Waals surface area contributed by atoms with Crippen LogP contribution in [0.25, 0.3) is 28.1 Å². The quantitative estimate of drug-likeness (QED) is 0.292. The minimum atomic E-state index is 0.946. The molecule has 0 saturated heterocycles. The lowest BCUT2D eigenvalue weighted by Gasteiger charge is -2.26. The van der Waals surface area contributed by atoms with Crippen LogP contribution in [-0.4, -0.2) is 19.3 Å². The second-order valence-corrected chi connectivity index (χ2v) is 8.17. The van der Waals surface area contributed by atoms with Gasteiger partial charge in [-0.1, -0.05) is 48.5 Å². The van der Waals surface area contributed by atoms with Crippen molar-refractivity contribution in [3.05, 3.63) is 122 Å². The van der Waals surface area contributed by atoms with Gasteiger partial charge in [0.05, 0.1) is 16.7 Å². The fraction of sp³-hybridized carbons (Fsp3) is 0.0345. The van der Waals surface area contributed by atoms with Crippen molar-refractivity contribution in [2.24, 2.45) is 7.05 Å². The van der Waals surface area contributed by atoms with Crippen molar-refractivity contribution in [2.45, 2.75) is 0 Å². The molecular weight excluding hydrogens is 418 g/mol. The predicted molar refractivity (Wildman–Crippen MR) is 138 cm³/mol. The summed E-state index contributed by atoms with van der Waals surface area (Å²) in [5.74, 6) is 0.946. The van der Waals surface area contributed by atoms with Crippen molar-refractivity contribution in [3.63, 3.8) is 0 Å². The summed E-state index contributed by atoms with van der Waals surface area (Å²) in [5.41, 5.74) is 7.40. The minimum Gasteiger partial charge on any atom is -0.327 e. The molecule has 6 rings (SSSR count). The van der Waals surface area contributed by atoms with Crippen molar-refractivity contribution in [3.8, 4) is 17.1 Å². The second-order valence-electron chi connectivity index (χ2n) is 8.17. The lowest BCUT2D eigenvalue weighted by atomic mass is 10.1. The van der Waals surface area contributed by atoms with Crippen LogP contribution in [0, 0.1) is 0 Å². The maximum Gasteiger partial charge on any atom is 0.140 e. The Balaban J connectivity index is 1.50. The van der Waals surface area contributed by atoms with E-state index in [2.05, 4.69) is 107 Å². The molecule has 0 radical (unpaired) electrons. The summed E-state index contributed by atoms with van der Waals surface area (Å²) in [4.78, 5) is 7.17. The van der Waals surface area contributed by atoms with Crippen LogP contribution in [0.2, 0.25) is 0 Å². The first-order valence-corrected chi connectivity index (χ1v) is 11.2. The van der Waals surface area contributed by atoms with Crippen molar-refractivity contribution in [2.75, 3.05) is 4.90 Å². The summed E-state index contributed by atoms with van der Waals surface area (Å²) >= 11 is 0. The van der Waals surface area contributed by atoms with Crippen LogP contribution < -0.4 is 4.90 Å². The number of hydrogen-bond donors (Lipinski definition) is 0. The zero-order chi connectivity index (χ0) is 22.9. The number of hydrogen-bond acceptors (Lipinski definition) is 3. The lowest BCUT2D eigenvalue weighted by molar-refractivity contribution is 0.880. The number of benzene rings is 4. The van der Waals surface area contributed by atoms with Crippen LogP contribution >= 0.6 is 0 Å². The lowest BCUT2D eigenvalue weighted by Crippen LogP contribution is -2.10. The monoisotopic (exact) mass is 441 g/mol. The Bertz CT molecular complexity index is 1570. The van der Waals surface area contributed by atoms with E-state index in [4.69, 9.17) is 4.98 Å². The number of para-hydroxylation sites is 3. The first kappa shape index (κ1) is 20.0. The maximum absolute atomic E-state index is 4.91. The molecule has 0 spiro atoms. The van der Waals surface area contributed by atoms with Crippen LogP contribution in [0.15, 0.2) is 122 Å². The van der Waals surface area contributed by atoms with Gasteiger partial charge in [0.15, 0.2) is 0 Å². The molecule has 6 aromatic rings. The molecule has 2 heterocycles. The summed E-state index contributed by atoms with van der Waals surface area (Å²) in [7, 11) is 2.07. The van der Waals surface area contributed by atoms with Gasteiger partial charge >= 0.3 is 0 Å². The van der Waals surface area contributed by atoms with E-state index in [1.807, 2.05) is 35.1 Å². The molecule has 0 aliphatic rings. The Kier molecular flexibility index (Phi) is 4.92. The molecule has 34 heavy (non-hydrogen) atoms. The Labute approximate surface area is 198 Å². The standard InChI is InChI=1S/C29H23N5/c1-32-28-17-6-5-16-27(28)31-29(32)22-10-7-14-25(20-22)34(23-11-3-2-4-12-23)26-15-8-13-24(21-26)33-19-9-18-30-33/h2-21H,1H3. The fourth-order valence-electron chi connectivity index (χ4n) is 4.41. The van der Waals surface area contributed by atoms with Crippen LogP contribution in [0.5, 0.6) is 0 Å². The number of rotatable bonds is 5. The highest BCUT2D eigenvalue weighted by Crippen LogP contribution is 2.37. The third-order valence-corrected chi connectivity index (χ3v) is 6.02. The van der Waals surface area contributed by atoms with E-state index in [1.165, 1.54) is 0 Å². The number of anilines is 3. The minimum absolute atomic E-state index is 0.946. The molecule has 0 N–H and O–H groups in total. The van der Waals surface area contributed by atoms with Crippen LogP contribution in [0.3, 0.4) is 0 Å². The van der Waals surface area contributed by atoms with Gasteiger partial charge in [0.2, 0.25) is 0 Å². The van der Waals surface area contributed by atoms with Crippen LogP contribution in [0.1, 0.15) is 0 Å². The van der Waals surface area contributed by atoms with E-state index >= 15 is 0 Å². The fourth-order valence-corrected chi connectivity index (χ4v) is 4.41. The third-order valence-electron chi connectivity index (χ3n) is 6.02. The number of nitrogens with zero attached hydrogens (tertiary/aromatic N) is 5. The molecule has 0 aliphatic carbocycles. The summed E-state index contributed by atoms with van der Waals surface area (Å²) in [6.07, 6.45) is 3.75. The topological polar surface area (TPSA) is 38.9 Å². The third kappa shape index (κ3) is 3.53. The number of aryl methyl sites for hydroxylation is 1. The zero-order valence-electron chi connectivity index (χ0n) is 18.8. The van der Waals surface area contributed by atoms with E-state index in [-0.39, 0.29) is 0 Å². The molecule has 5 nitrogen and oxygen atoms in total. The van der Waals surface area contributed by atoms with Crippen LogP contribution in [0.4, 0.5) is 17.1 Å². The molecule has 5 heteroatoms. The molecule has 0 aliphatic heterocycles. The zero-order valence-corrected chi connectivity index (χ0v) is 18.8. The highest BCUT2D eigenvalue weighted by atomic mass is 15.3. The maximum atomic E-state index is 4.91. The number of fused-ring (bicyclic) bond motifs is 1. The van der Waals surface area contributed by atoms with Gasteiger partial charge in [-0.05, 0) is 60.7 Å². The molecule has 0 atom stereocenters. The van der Waals surface area contributed by atoms with Crippen LogP contribution in [-0.2, 0) is 7.05 Å². The average molecular weight is 442 g/mol. The van der Waals surface area contributed by atoms with E-state index in [9.17, 15) is 0 Å². The van der Waals surface area contributed by atoms with Gasteiger partial charge in [0.25, 0.3) is 0 Å². The molecule has 0 amide bonds. The Morgan fingerprint density at radius 1 is 0.676 bits per heavy atom. The van der Waals surface area contributed by atoms with Gasteiger partial charge < -0.3 is 9.47 Å². The normalized spacial score (nSPS) is 11.1. The molecule has 0 unspecified atom stereocenters. The predicted octanol–water partition coefficient (Wildman–Crippen LogP) is 6.90. The molecular formula is C29H23N5. The first-order chi connectivity index (χ1) is 16.8. The van der Waals surface area contributed by atoms with E-state index in [0.717, 1.165) is 45.2 Å². The van der Waals surface area contributed by atoms with E-state index in [1.54, 1.807) is 6.20 Å². The summed E-state index contributed by atoms with van der Waals surface area (Å²) in [6.45, 7) is 0. The SMILES string of the molecule is Cn1c(-c2cccc(N(c3ccccc3)c3cccc(-n4cccn4)c3)c2)nc2ccccc21. The first-order valence-electron chi connectivity index (χ1n) is 11.2. The second kappa shape index (κ2) is 8.37. The average Bonchev–Trinajstić information content (AvgIpc) is 3.54. The van der Waals surface area contributed by atoms with Crippen molar-refractivity contribution >= 4 is 28.1 Å². The van der Waals surface area contributed by atoms with Gasteiger partial charge in [-0.25, -0.2) is 9.67 Å². The molecule has 2 aromatic heterocycles. The van der Waals surface area contributed by atoms with E-state index in [0.29, 0.717) is 0 Å². The Hall–Kier alpha value is -4.64. The van der Waals surface area contributed by atoms with Gasteiger partial charge in [-0.15, -0.1) is 0 Å². The summed E-state index contributed by atoms with van der Waals surface area (Å²) < 4.78 is 4.03. The van der Waals surface area contributed by atoms with E-state index < -0.39 is 0 Å². The molecule has 0 fully saturated rings. The van der Waals surface area contributed by atoms with Crippen molar-refractivity contribution in [1.82, 2.24) is 19.3 Å². The molecule has 164 valence electrons. The van der Waals surface area contributed by atoms with Gasteiger partial charge in [0.1, 0.15) is 5.82 Å². The highest BCUT2D eigenvalue weighted by molar-refractivity contribution is 5.83. The molecule has 0 bridgehead atoms. The molecule has 0 saturated carbocycles. The van der Waals surface area contributed by atoms with Crippen molar-refractivity contribution < 1.29 is 0 Å². The van der Waals surface area contributed by atoms with Gasteiger partial charge in [0, 0.05) is 42.1 Å². The number of imidazole rings is 1. The number of aromatic nitrogens is 4.